The maximum Gasteiger partial charge on any atom is 0.263 e. The Hall–Kier alpha value is -4.33. The van der Waals surface area contributed by atoms with Crippen LogP contribution in [0.25, 0.3) is 11.6 Å². The highest BCUT2D eigenvalue weighted by atomic mass is 32.2. The smallest absolute Gasteiger partial charge is 0.263 e. The molecule has 0 radical (unpaired) electrons. The van der Waals surface area contributed by atoms with Crippen molar-refractivity contribution in [3.05, 3.63) is 72.6 Å². The molecular weight excluding hydrogens is 634 g/mol. The van der Waals surface area contributed by atoms with Gasteiger partial charge < -0.3 is 24.1 Å². The maximum atomic E-state index is 13.5. The van der Waals surface area contributed by atoms with Crippen molar-refractivity contribution in [3.63, 3.8) is 0 Å². The Balaban J connectivity index is 0.000000609. The molecule has 2 heterocycles. The van der Waals surface area contributed by atoms with E-state index in [1.165, 1.54) is 31.6 Å². The summed E-state index contributed by atoms with van der Waals surface area (Å²) < 4.78 is 52.2. The Morgan fingerprint density at radius 1 is 0.771 bits per heavy atom. The van der Waals surface area contributed by atoms with Crippen LogP contribution in [0, 0.1) is 0 Å². The van der Waals surface area contributed by atoms with Crippen LogP contribution in [0.15, 0.2) is 71.9 Å². The number of anilines is 1. The Morgan fingerprint density at radius 3 is 1.85 bits per heavy atom. The van der Waals surface area contributed by atoms with Gasteiger partial charge in [-0.3, -0.25) is 4.72 Å². The van der Waals surface area contributed by atoms with Gasteiger partial charge in [-0.1, -0.05) is 45.0 Å². The molecule has 0 aliphatic heterocycles. The Morgan fingerprint density at radius 2 is 1.35 bits per heavy atom. The number of aliphatic hydroxyl groups excluding tert-OH is 1. The van der Waals surface area contributed by atoms with E-state index in [-0.39, 0.29) is 69.6 Å². The largest absolute Gasteiger partial charge is 0.493 e. The normalized spacial score (nSPS) is 12.1. The van der Waals surface area contributed by atoms with Gasteiger partial charge in [0, 0.05) is 12.4 Å². The highest BCUT2D eigenvalue weighted by Crippen LogP contribution is 2.41. The maximum absolute atomic E-state index is 13.5. The number of aliphatic hydroxyl groups is 1. The minimum absolute atomic E-state index is 0.0156. The molecule has 0 atom stereocenters. The number of ether oxygens (including phenoxy) is 4. The van der Waals surface area contributed by atoms with Gasteiger partial charge >= 0.3 is 0 Å². The standard InChI is InChI=1S/C27H29N5O6S.C8H18O/c1-27(2,3)18-10-12-19(13-11-18)39(34,35)32-23-22(38-21-9-6-5-8-20(21)36-4)26(37-17-16-33)31-25(30-23)24-28-14-7-15-29-24;1-7(2,3)9-8(4,5)6/h5-15,33H,16-17H2,1-4H3,(H,30,31,32);1-6H3. The van der Waals surface area contributed by atoms with Crippen LogP contribution in [-0.2, 0) is 20.2 Å². The van der Waals surface area contributed by atoms with Gasteiger partial charge in [-0.25, -0.2) is 23.4 Å². The van der Waals surface area contributed by atoms with Gasteiger partial charge in [0.15, 0.2) is 23.1 Å². The van der Waals surface area contributed by atoms with Crippen LogP contribution in [0.5, 0.6) is 23.1 Å². The summed E-state index contributed by atoms with van der Waals surface area (Å²) in [6.07, 6.45) is 3.00. The average molecular weight is 682 g/mol. The van der Waals surface area contributed by atoms with Gasteiger partial charge in [0.2, 0.25) is 11.6 Å². The number of hydrogen-bond donors (Lipinski definition) is 2. The summed E-state index contributed by atoms with van der Waals surface area (Å²) in [5.41, 5.74) is 0.796. The van der Waals surface area contributed by atoms with Gasteiger partial charge in [-0.15, -0.1) is 0 Å². The molecule has 48 heavy (non-hydrogen) atoms. The number of rotatable bonds is 10. The van der Waals surface area contributed by atoms with Crippen LogP contribution < -0.4 is 18.9 Å². The average Bonchev–Trinajstić information content (AvgIpc) is 2.99. The topological polar surface area (TPSA) is 155 Å². The fourth-order valence-corrected chi connectivity index (χ4v) is 5.40. The molecule has 260 valence electrons. The summed E-state index contributed by atoms with van der Waals surface area (Å²) in [7, 11) is -2.66. The number of hydrogen-bond acceptors (Lipinski definition) is 11. The molecule has 0 bridgehead atoms. The van der Waals surface area contributed by atoms with Crippen molar-refractivity contribution in [2.45, 2.75) is 83.8 Å². The van der Waals surface area contributed by atoms with Crippen LogP contribution in [0.4, 0.5) is 5.82 Å². The molecule has 2 aromatic heterocycles. The van der Waals surface area contributed by atoms with E-state index in [1.807, 2.05) is 20.8 Å². The van der Waals surface area contributed by atoms with E-state index < -0.39 is 10.0 Å². The highest BCUT2D eigenvalue weighted by molar-refractivity contribution is 7.92. The molecule has 12 nitrogen and oxygen atoms in total. The second kappa shape index (κ2) is 15.7. The lowest BCUT2D eigenvalue weighted by molar-refractivity contribution is -0.102. The van der Waals surface area contributed by atoms with Gasteiger partial charge in [-0.05, 0) is 82.9 Å². The van der Waals surface area contributed by atoms with E-state index in [1.54, 1.807) is 42.5 Å². The second-order valence-corrected chi connectivity index (χ2v) is 15.3. The molecule has 0 aliphatic rings. The summed E-state index contributed by atoms with van der Waals surface area (Å²) in [6, 6.07) is 15.0. The summed E-state index contributed by atoms with van der Waals surface area (Å²) in [4.78, 5) is 17.1. The Kier molecular flexibility index (Phi) is 12.5. The first kappa shape index (κ1) is 38.1. The summed E-state index contributed by atoms with van der Waals surface area (Å²) >= 11 is 0. The second-order valence-electron chi connectivity index (χ2n) is 13.6. The van der Waals surface area contributed by atoms with Crippen LogP contribution in [0.2, 0.25) is 0 Å². The van der Waals surface area contributed by atoms with E-state index in [2.05, 4.69) is 66.2 Å². The molecule has 2 N–H and O–H groups in total. The SMILES string of the molecule is CC(C)(C)OC(C)(C)C.COc1ccccc1Oc1c(NS(=O)(=O)c2ccc(C(C)(C)C)cc2)nc(-c2ncccn2)nc1OCCO. The fourth-order valence-electron chi connectivity index (χ4n) is 4.40. The first-order chi connectivity index (χ1) is 22.3. The number of nitrogens with zero attached hydrogens (tertiary/aromatic N) is 4. The van der Waals surface area contributed by atoms with Crippen LogP contribution >= 0.6 is 0 Å². The molecule has 0 saturated carbocycles. The lowest BCUT2D eigenvalue weighted by atomic mass is 9.87. The summed E-state index contributed by atoms with van der Waals surface area (Å²) in [5.74, 6) is 0.271. The van der Waals surface area contributed by atoms with E-state index in [0.717, 1.165) is 5.56 Å². The van der Waals surface area contributed by atoms with Crippen LogP contribution in [0.1, 0.15) is 67.9 Å². The minimum Gasteiger partial charge on any atom is -0.493 e. The van der Waals surface area contributed by atoms with Crippen LogP contribution in [-0.4, -0.2) is 65.0 Å². The third-order valence-electron chi connectivity index (χ3n) is 6.09. The first-order valence-electron chi connectivity index (χ1n) is 15.4. The molecule has 0 aliphatic carbocycles. The molecule has 13 heteroatoms. The van der Waals surface area contributed by atoms with Crippen molar-refractivity contribution in [1.82, 2.24) is 19.9 Å². The van der Waals surface area contributed by atoms with Crippen molar-refractivity contribution in [2.75, 3.05) is 25.0 Å². The van der Waals surface area contributed by atoms with Crippen molar-refractivity contribution >= 4 is 15.8 Å². The number of benzene rings is 2. The van der Waals surface area contributed by atoms with Gasteiger partial charge in [0.25, 0.3) is 15.9 Å². The Labute approximate surface area is 284 Å². The fraction of sp³-hybridized carbons (Fsp3) is 0.429. The third-order valence-corrected chi connectivity index (χ3v) is 7.44. The number of sulfonamides is 1. The van der Waals surface area contributed by atoms with Gasteiger partial charge in [0.05, 0.1) is 29.8 Å². The zero-order valence-electron chi connectivity index (χ0n) is 29.4. The minimum atomic E-state index is -4.14. The molecule has 0 saturated heterocycles. The predicted octanol–water partition coefficient (Wildman–Crippen LogP) is 6.80. The lowest BCUT2D eigenvalue weighted by Crippen LogP contribution is -2.31. The quantitative estimate of drug-likeness (QED) is 0.181. The molecule has 0 fully saturated rings. The Bertz CT molecular complexity index is 1720. The van der Waals surface area contributed by atoms with E-state index >= 15 is 0 Å². The number of para-hydroxylation sites is 2. The summed E-state index contributed by atoms with van der Waals surface area (Å²) in [5, 5.41) is 9.40. The highest BCUT2D eigenvalue weighted by Gasteiger charge is 2.26. The number of nitrogens with one attached hydrogen (secondary N) is 1. The van der Waals surface area contributed by atoms with Crippen molar-refractivity contribution in [1.29, 1.82) is 0 Å². The molecule has 4 rings (SSSR count). The van der Waals surface area contributed by atoms with Crippen molar-refractivity contribution in [3.8, 4) is 34.8 Å². The monoisotopic (exact) mass is 681 g/mol. The van der Waals surface area contributed by atoms with E-state index in [9.17, 15) is 13.5 Å². The van der Waals surface area contributed by atoms with Gasteiger partial charge in [0.1, 0.15) is 6.61 Å². The third kappa shape index (κ3) is 11.4. The zero-order chi connectivity index (χ0) is 35.8. The first-order valence-corrected chi connectivity index (χ1v) is 16.9. The molecular formula is C35H47N5O7S. The van der Waals surface area contributed by atoms with Gasteiger partial charge in [-0.2, -0.15) is 4.98 Å². The van der Waals surface area contributed by atoms with Crippen molar-refractivity contribution in [2.24, 2.45) is 0 Å². The molecule has 0 spiro atoms. The van der Waals surface area contributed by atoms with Crippen molar-refractivity contribution < 1.29 is 32.5 Å². The summed E-state index contributed by atoms with van der Waals surface area (Å²) in [6.45, 7) is 18.1. The predicted molar refractivity (Wildman–Crippen MR) is 185 cm³/mol. The van der Waals surface area contributed by atoms with Crippen LogP contribution in [0.3, 0.4) is 0 Å². The molecule has 2 aromatic carbocycles. The zero-order valence-corrected chi connectivity index (χ0v) is 30.2. The lowest BCUT2D eigenvalue weighted by Gasteiger charge is -2.30. The van der Waals surface area contributed by atoms with E-state index in [4.69, 9.17) is 18.9 Å². The number of methoxy groups -OCH3 is 1. The molecule has 0 amide bonds. The molecule has 0 unspecified atom stereocenters. The number of aromatic nitrogens is 4. The van der Waals surface area contributed by atoms with E-state index in [0.29, 0.717) is 5.75 Å². The molecule has 4 aromatic rings.